The van der Waals surface area contributed by atoms with Crippen molar-refractivity contribution in [1.82, 2.24) is 4.90 Å². The van der Waals surface area contributed by atoms with Gasteiger partial charge < -0.3 is 19.7 Å². The van der Waals surface area contributed by atoms with Crippen LogP contribution < -0.4 is 14.8 Å². The number of hydrogen-bond donors (Lipinski definition) is 1. The zero-order valence-electron chi connectivity index (χ0n) is 18.5. The SMILES string of the molecule is COc1ccc(C(=O)Nc2ccc3c(c2)CN(CCc2ccc(F)cc2)C(=O)C(C)O3)cc1. The molecule has 4 rings (SSSR count). The fourth-order valence-electron chi connectivity index (χ4n) is 3.73. The van der Waals surface area contributed by atoms with E-state index in [1.165, 1.54) is 12.1 Å². The fraction of sp³-hybridized carbons (Fsp3) is 0.231. The molecular formula is C26H25FN2O4. The molecule has 0 bridgehead atoms. The number of amides is 2. The van der Waals surface area contributed by atoms with Crippen LogP contribution in [0.15, 0.2) is 66.7 Å². The van der Waals surface area contributed by atoms with E-state index in [9.17, 15) is 14.0 Å². The lowest BCUT2D eigenvalue weighted by molar-refractivity contribution is -0.137. The highest BCUT2D eigenvalue weighted by Gasteiger charge is 2.28. The molecule has 0 fully saturated rings. The average Bonchev–Trinajstić information content (AvgIpc) is 2.94. The van der Waals surface area contributed by atoms with Crippen molar-refractivity contribution in [2.45, 2.75) is 26.0 Å². The van der Waals surface area contributed by atoms with E-state index in [0.717, 1.165) is 11.1 Å². The van der Waals surface area contributed by atoms with Crippen LogP contribution in [0.25, 0.3) is 0 Å². The zero-order valence-corrected chi connectivity index (χ0v) is 18.5. The molecule has 7 heteroatoms. The van der Waals surface area contributed by atoms with Gasteiger partial charge >= 0.3 is 0 Å². The first kappa shape index (κ1) is 22.3. The van der Waals surface area contributed by atoms with Gasteiger partial charge in [-0.05, 0) is 73.5 Å². The predicted octanol–water partition coefficient (Wildman–Crippen LogP) is 4.44. The van der Waals surface area contributed by atoms with Crippen LogP contribution in [-0.2, 0) is 17.8 Å². The van der Waals surface area contributed by atoms with E-state index >= 15 is 0 Å². The fourth-order valence-corrected chi connectivity index (χ4v) is 3.73. The first-order chi connectivity index (χ1) is 15.9. The number of carbonyl (C=O) groups excluding carboxylic acids is 2. The monoisotopic (exact) mass is 448 g/mol. The van der Waals surface area contributed by atoms with Crippen molar-refractivity contribution >= 4 is 17.5 Å². The molecule has 1 aliphatic heterocycles. The summed E-state index contributed by atoms with van der Waals surface area (Å²) in [7, 11) is 1.57. The van der Waals surface area contributed by atoms with Gasteiger partial charge in [-0.2, -0.15) is 0 Å². The average molecular weight is 448 g/mol. The Morgan fingerprint density at radius 3 is 2.55 bits per heavy atom. The lowest BCUT2D eigenvalue weighted by atomic mass is 10.1. The van der Waals surface area contributed by atoms with Gasteiger partial charge in [0.25, 0.3) is 11.8 Å². The lowest BCUT2D eigenvalue weighted by Crippen LogP contribution is -2.39. The van der Waals surface area contributed by atoms with Crippen LogP contribution in [0.5, 0.6) is 11.5 Å². The molecule has 3 aromatic rings. The van der Waals surface area contributed by atoms with Crippen molar-refractivity contribution in [3.05, 3.63) is 89.2 Å². The normalized spacial score (nSPS) is 15.3. The van der Waals surface area contributed by atoms with Crippen LogP contribution in [0.1, 0.15) is 28.4 Å². The number of fused-ring (bicyclic) bond motifs is 1. The maximum absolute atomic E-state index is 13.2. The van der Waals surface area contributed by atoms with Crippen LogP contribution >= 0.6 is 0 Å². The Bertz CT molecular complexity index is 1150. The van der Waals surface area contributed by atoms with Crippen molar-refractivity contribution in [3.63, 3.8) is 0 Å². The molecule has 0 spiro atoms. The molecule has 0 aliphatic carbocycles. The van der Waals surface area contributed by atoms with Gasteiger partial charge in [0.15, 0.2) is 6.10 Å². The molecule has 2 amide bonds. The molecule has 1 aliphatic rings. The van der Waals surface area contributed by atoms with E-state index < -0.39 is 6.10 Å². The first-order valence-corrected chi connectivity index (χ1v) is 10.7. The minimum atomic E-state index is -0.626. The van der Waals surface area contributed by atoms with Crippen LogP contribution in [-0.4, -0.2) is 36.5 Å². The topological polar surface area (TPSA) is 67.9 Å². The van der Waals surface area contributed by atoms with Crippen molar-refractivity contribution < 1.29 is 23.5 Å². The van der Waals surface area contributed by atoms with Crippen LogP contribution in [0.4, 0.5) is 10.1 Å². The van der Waals surface area contributed by atoms with Crippen molar-refractivity contribution in [2.75, 3.05) is 19.0 Å². The van der Waals surface area contributed by atoms with Crippen molar-refractivity contribution in [2.24, 2.45) is 0 Å². The summed E-state index contributed by atoms with van der Waals surface area (Å²) >= 11 is 0. The van der Waals surface area contributed by atoms with E-state index in [1.807, 2.05) is 6.07 Å². The Hall–Kier alpha value is -3.87. The highest BCUT2D eigenvalue weighted by molar-refractivity contribution is 6.04. The second-order valence-electron chi connectivity index (χ2n) is 7.90. The summed E-state index contributed by atoms with van der Waals surface area (Å²) in [6, 6.07) is 18.5. The Morgan fingerprint density at radius 2 is 1.85 bits per heavy atom. The molecule has 3 aromatic carbocycles. The Labute approximate surface area is 191 Å². The largest absolute Gasteiger partial charge is 0.497 e. The third-order valence-corrected chi connectivity index (χ3v) is 5.58. The summed E-state index contributed by atoms with van der Waals surface area (Å²) in [5.74, 6) is 0.641. The molecule has 33 heavy (non-hydrogen) atoms. The predicted molar refractivity (Wildman–Crippen MR) is 123 cm³/mol. The number of nitrogens with one attached hydrogen (secondary N) is 1. The van der Waals surface area contributed by atoms with Gasteiger partial charge in [-0.15, -0.1) is 0 Å². The number of hydrogen-bond acceptors (Lipinski definition) is 4. The number of nitrogens with zero attached hydrogens (tertiary/aromatic N) is 1. The highest BCUT2D eigenvalue weighted by Crippen LogP contribution is 2.29. The molecule has 1 atom stereocenters. The number of rotatable bonds is 6. The highest BCUT2D eigenvalue weighted by atomic mass is 19.1. The summed E-state index contributed by atoms with van der Waals surface area (Å²) in [6.07, 6.45) is -0.0266. The number of methoxy groups -OCH3 is 1. The molecular weight excluding hydrogens is 423 g/mol. The summed E-state index contributed by atoms with van der Waals surface area (Å²) in [6.45, 7) is 2.55. The Morgan fingerprint density at radius 1 is 1.12 bits per heavy atom. The summed E-state index contributed by atoms with van der Waals surface area (Å²) in [5, 5.41) is 2.89. The van der Waals surface area contributed by atoms with Gasteiger partial charge in [0.05, 0.1) is 7.11 Å². The molecule has 170 valence electrons. The number of halogens is 1. The quantitative estimate of drug-likeness (QED) is 0.606. The lowest BCUT2D eigenvalue weighted by Gasteiger charge is -2.22. The van der Waals surface area contributed by atoms with Crippen molar-refractivity contribution in [1.29, 1.82) is 0 Å². The summed E-state index contributed by atoms with van der Waals surface area (Å²) < 4.78 is 24.2. The van der Waals surface area contributed by atoms with E-state index in [-0.39, 0.29) is 17.6 Å². The van der Waals surface area contributed by atoms with Gasteiger partial charge in [-0.25, -0.2) is 4.39 Å². The molecule has 0 aromatic heterocycles. The second kappa shape index (κ2) is 9.73. The second-order valence-corrected chi connectivity index (χ2v) is 7.90. The number of ether oxygens (including phenoxy) is 2. The Kier molecular flexibility index (Phi) is 6.58. The standard InChI is InChI=1S/C26H25FN2O4/c1-17-26(31)29(14-13-18-3-7-21(27)8-4-18)16-20-15-22(9-12-24(20)33-17)28-25(30)19-5-10-23(32-2)11-6-19/h3-12,15,17H,13-14,16H2,1-2H3,(H,28,30). The maximum Gasteiger partial charge on any atom is 0.263 e. The Balaban J connectivity index is 1.49. The zero-order chi connectivity index (χ0) is 23.4. The summed E-state index contributed by atoms with van der Waals surface area (Å²) in [5.41, 5.74) is 2.87. The first-order valence-electron chi connectivity index (χ1n) is 10.7. The van der Waals surface area contributed by atoms with Crippen LogP contribution in [0.3, 0.4) is 0 Å². The van der Waals surface area contributed by atoms with E-state index in [2.05, 4.69) is 5.32 Å². The van der Waals surface area contributed by atoms with Gasteiger partial charge in [0.2, 0.25) is 0 Å². The molecule has 1 heterocycles. The molecule has 0 radical (unpaired) electrons. The minimum Gasteiger partial charge on any atom is -0.497 e. The van der Waals surface area contributed by atoms with E-state index in [0.29, 0.717) is 42.3 Å². The molecule has 0 saturated carbocycles. The smallest absolute Gasteiger partial charge is 0.263 e. The van der Waals surface area contributed by atoms with Crippen LogP contribution in [0, 0.1) is 5.82 Å². The summed E-state index contributed by atoms with van der Waals surface area (Å²) in [4.78, 5) is 27.2. The molecule has 1 unspecified atom stereocenters. The minimum absolute atomic E-state index is 0.114. The third kappa shape index (κ3) is 5.31. The van der Waals surface area contributed by atoms with Crippen molar-refractivity contribution in [3.8, 4) is 11.5 Å². The molecule has 6 nitrogen and oxygen atoms in total. The van der Waals surface area contributed by atoms with Gasteiger partial charge in [-0.3, -0.25) is 9.59 Å². The molecule has 1 N–H and O–H groups in total. The maximum atomic E-state index is 13.2. The number of anilines is 1. The van der Waals surface area contributed by atoms with Crippen LogP contribution in [0.2, 0.25) is 0 Å². The van der Waals surface area contributed by atoms with Gasteiger partial charge in [0, 0.05) is 29.9 Å². The van der Waals surface area contributed by atoms with E-state index in [1.54, 1.807) is 67.5 Å². The number of carbonyl (C=O) groups is 2. The third-order valence-electron chi connectivity index (χ3n) is 5.58. The molecule has 0 saturated heterocycles. The number of benzene rings is 3. The van der Waals surface area contributed by atoms with E-state index in [4.69, 9.17) is 9.47 Å². The van der Waals surface area contributed by atoms with Gasteiger partial charge in [-0.1, -0.05) is 12.1 Å². The van der Waals surface area contributed by atoms with Gasteiger partial charge in [0.1, 0.15) is 17.3 Å².